The molecular weight excluding hydrogens is 272 g/mol. The fourth-order valence-electron chi connectivity index (χ4n) is 1.67. The molecule has 0 bridgehead atoms. The summed E-state index contributed by atoms with van der Waals surface area (Å²) in [7, 11) is 0. The van der Waals surface area contributed by atoms with E-state index >= 15 is 0 Å². The van der Waals surface area contributed by atoms with Gasteiger partial charge in [-0.15, -0.1) is 11.8 Å². The third-order valence-corrected chi connectivity index (χ3v) is 3.88. The second-order valence-corrected chi connectivity index (χ2v) is 5.54. The molecule has 106 valence electrons. The van der Waals surface area contributed by atoms with Crippen LogP contribution >= 0.6 is 11.8 Å². The number of hydrogen-bond acceptors (Lipinski definition) is 4. The summed E-state index contributed by atoms with van der Waals surface area (Å²) >= 11 is 1.67. The standard InChI is InChI=1S/C15H18N2O2S/c1-11(9-16)17-15(18)14-12(7-8-19-14)10-20-13-5-3-2-4-6-13/h2-8,11H,9-10,16H2,1H3,(H,17,18)/t11-/m0/s1. The lowest BCUT2D eigenvalue weighted by Crippen LogP contribution is -2.37. The Morgan fingerprint density at radius 3 is 2.80 bits per heavy atom. The molecule has 5 heteroatoms. The van der Waals surface area contributed by atoms with Crippen molar-refractivity contribution in [3.63, 3.8) is 0 Å². The maximum Gasteiger partial charge on any atom is 0.287 e. The number of hydrogen-bond donors (Lipinski definition) is 2. The topological polar surface area (TPSA) is 68.3 Å². The van der Waals surface area contributed by atoms with Crippen LogP contribution in [0.4, 0.5) is 0 Å². The number of benzene rings is 1. The van der Waals surface area contributed by atoms with E-state index in [0.717, 1.165) is 10.5 Å². The zero-order valence-electron chi connectivity index (χ0n) is 11.3. The Morgan fingerprint density at radius 2 is 2.10 bits per heavy atom. The molecule has 1 aromatic heterocycles. The van der Waals surface area contributed by atoms with Gasteiger partial charge in [-0.05, 0) is 25.1 Å². The van der Waals surface area contributed by atoms with E-state index in [4.69, 9.17) is 10.2 Å². The van der Waals surface area contributed by atoms with Crippen LogP contribution in [-0.4, -0.2) is 18.5 Å². The van der Waals surface area contributed by atoms with Crippen molar-refractivity contribution in [1.82, 2.24) is 5.32 Å². The largest absolute Gasteiger partial charge is 0.459 e. The van der Waals surface area contributed by atoms with Crippen molar-refractivity contribution in [2.75, 3.05) is 6.54 Å². The first kappa shape index (κ1) is 14.7. The Bertz CT molecular complexity index is 554. The lowest BCUT2D eigenvalue weighted by Gasteiger charge is -2.10. The number of nitrogens with two attached hydrogens (primary N) is 1. The smallest absolute Gasteiger partial charge is 0.287 e. The van der Waals surface area contributed by atoms with Crippen molar-refractivity contribution >= 4 is 17.7 Å². The minimum absolute atomic E-state index is 0.0674. The molecule has 4 nitrogen and oxygen atoms in total. The van der Waals surface area contributed by atoms with Gasteiger partial charge in [0, 0.05) is 28.8 Å². The van der Waals surface area contributed by atoms with E-state index in [2.05, 4.69) is 5.32 Å². The normalized spacial score (nSPS) is 12.1. The maximum atomic E-state index is 12.0. The Morgan fingerprint density at radius 1 is 1.35 bits per heavy atom. The molecule has 1 amide bonds. The van der Waals surface area contributed by atoms with Gasteiger partial charge in [-0.1, -0.05) is 18.2 Å². The molecule has 1 aromatic carbocycles. The van der Waals surface area contributed by atoms with E-state index in [1.807, 2.05) is 43.3 Å². The summed E-state index contributed by atoms with van der Waals surface area (Å²) in [4.78, 5) is 13.2. The van der Waals surface area contributed by atoms with Gasteiger partial charge in [0.15, 0.2) is 5.76 Å². The average molecular weight is 290 g/mol. The zero-order chi connectivity index (χ0) is 14.4. The van der Waals surface area contributed by atoms with Crippen LogP contribution in [0.3, 0.4) is 0 Å². The molecule has 0 saturated heterocycles. The number of amides is 1. The lowest BCUT2D eigenvalue weighted by atomic mass is 10.2. The molecule has 0 unspecified atom stereocenters. The second-order valence-electron chi connectivity index (χ2n) is 4.49. The van der Waals surface area contributed by atoms with Crippen LogP contribution in [0.2, 0.25) is 0 Å². The highest BCUT2D eigenvalue weighted by atomic mass is 32.2. The first-order valence-electron chi connectivity index (χ1n) is 6.46. The SMILES string of the molecule is C[C@@H](CN)NC(=O)c1occc1CSc1ccccc1. The van der Waals surface area contributed by atoms with Crippen molar-refractivity contribution in [2.45, 2.75) is 23.6 Å². The van der Waals surface area contributed by atoms with Crippen LogP contribution in [0.1, 0.15) is 23.0 Å². The molecule has 0 spiro atoms. The van der Waals surface area contributed by atoms with Gasteiger partial charge in [-0.2, -0.15) is 0 Å². The Kier molecular flexibility index (Phi) is 5.26. The van der Waals surface area contributed by atoms with Crippen molar-refractivity contribution in [2.24, 2.45) is 5.73 Å². The zero-order valence-corrected chi connectivity index (χ0v) is 12.2. The summed E-state index contributed by atoms with van der Waals surface area (Å²) in [6.07, 6.45) is 1.54. The van der Waals surface area contributed by atoms with Gasteiger partial charge < -0.3 is 15.5 Å². The third-order valence-electron chi connectivity index (χ3n) is 2.82. The molecule has 0 aliphatic carbocycles. The fraction of sp³-hybridized carbons (Fsp3) is 0.267. The second kappa shape index (κ2) is 7.17. The number of carbonyl (C=O) groups is 1. The fourth-order valence-corrected chi connectivity index (χ4v) is 2.57. The molecule has 1 heterocycles. The monoisotopic (exact) mass is 290 g/mol. The molecule has 0 fully saturated rings. The van der Waals surface area contributed by atoms with Crippen molar-refractivity contribution < 1.29 is 9.21 Å². The van der Waals surface area contributed by atoms with E-state index in [1.165, 1.54) is 0 Å². The van der Waals surface area contributed by atoms with Crippen molar-refractivity contribution in [1.29, 1.82) is 0 Å². The van der Waals surface area contributed by atoms with Crippen LogP contribution in [0.15, 0.2) is 52.0 Å². The van der Waals surface area contributed by atoms with E-state index in [1.54, 1.807) is 18.0 Å². The van der Waals surface area contributed by atoms with Crippen molar-refractivity contribution in [3.8, 4) is 0 Å². The summed E-state index contributed by atoms with van der Waals surface area (Å²) in [5, 5.41) is 2.80. The molecule has 0 aliphatic rings. The van der Waals surface area contributed by atoms with E-state index in [9.17, 15) is 4.79 Å². The van der Waals surface area contributed by atoms with Gasteiger partial charge >= 0.3 is 0 Å². The van der Waals surface area contributed by atoms with Crippen molar-refractivity contribution in [3.05, 3.63) is 54.0 Å². The van der Waals surface area contributed by atoms with Gasteiger partial charge in [0.2, 0.25) is 0 Å². The molecule has 20 heavy (non-hydrogen) atoms. The Labute approximate surface area is 122 Å². The predicted octanol–water partition coefficient (Wildman–Crippen LogP) is 2.65. The minimum atomic E-state index is -0.211. The van der Waals surface area contributed by atoms with Gasteiger partial charge in [0.1, 0.15) is 0 Å². The quantitative estimate of drug-likeness (QED) is 0.803. The number of carbonyl (C=O) groups excluding carboxylic acids is 1. The van der Waals surface area contributed by atoms with Gasteiger partial charge in [-0.3, -0.25) is 4.79 Å². The molecule has 2 rings (SSSR count). The van der Waals surface area contributed by atoms with Crippen LogP contribution in [-0.2, 0) is 5.75 Å². The summed E-state index contributed by atoms with van der Waals surface area (Å²) < 4.78 is 5.29. The molecule has 3 N–H and O–H groups in total. The van der Waals surface area contributed by atoms with Crippen LogP contribution in [0.25, 0.3) is 0 Å². The Hall–Kier alpha value is -1.72. The first-order valence-corrected chi connectivity index (χ1v) is 7.44. The predicted molar refractivity (Wildman–Crippen MR) is 80.7 cm³/mol. The lowest BCUT2D eigenvalue weighted by molar-refractivity contribution is 0.0912. The molecule has 0 radical (unpaired) electrons. The highest BCUT2D eigenvalue weighted by Crippen LogP contribution is 2.24. The highest BCUT2D eigenvalue weighted by molar-refractivity contribution is 7.98. The van der Waals surface area contributed by atoms with Gasteiger partial charge in [0.05, 0.1) is 6.26 Å². The van der Waals surface area contributed by atoms with E-state index in [-0.39, 0.29) is 11.9 Å². The molecular formula is C15H18N2O2S. The van der Waals surface area contributed by atoms with Gasteiger partial charge in [0.25, 0.3) is 5.91 Å². The number of furan rings is 1. The Balaban J connectivity index is 2.00. The van der Waals surface area contributed by atoms with Crippen LogP contribution < -0.4 is 11.1 Å². The highest BCUT2D eigenvalue weighted by Gasteiger charge is 2.16. The number of thioether (sulfide) groups is 1. The average Bonchev–Trinajstić information content (AvgIpc) is 2.94. The van der Waals surface area contributed by atoms with E-state index in [0.29, 0.717) is 18.1 Å². The summed E-state index contributed by atoms with van der Waals surface area (Å²) in [6, 6.07) is 11.8. The van der Waals surface area contributed by atoms with Crippen LogP contribution in [0.5, 0.6) is 0 Å². The first-order chi connectivity index (χ1) is 9.70. The number of nitrogens with one attached hydrogen (secondary N) is 1. The molecule has 0 aliphatic heterocycles. The summed E-state index contributed by atoms with van der Waals surface area (Å²) in [5.74, 6) is 0.852. The summed E-state index contributed by atoms with van der Waals surface area (Å²) in [6.45, 7) is 2.26. The maximum absolute atomic E-state index is 12.0. The third kappa shape index (κ3) is 3.88. The molecule has 1 atom stereocenters. The number of rotatable bonds is 6. The minimum Gasteiger partial charge on any atom is -0.459 e. The van der Waals surface area contributed by atoms with E-state index < -0.39 is 0 Å². The van der Waals surface area contributed by atoms with Gasteiger partial charge in [-0.25, -0.2) is 0 Å². The molecule has 0 saturated carbocycles. The molecule has 2 aromatic rings. The van der Waals surface area contributed by atoms with Crippen LogP contribution in [0, 0.1) is 0 Å². The summed E-state index contributed by atoms with van der Waals surface area (Å²) in [5.41, 5.74) is 6.39.